The van der Waals surface area contributed by atoms with Gasteiger partial charge in [-0.2, -0.15) is 13.1 Å². The number of sulfonamides is 1. The zero-order valence-electron chi connectivity index (χ0n) is 22.6. The number of halogens is 6. The van der Waals surface area contributed by atoms with Gasteiger partial charge in [0.25, 0.3) is 0 Å². The first kappa shape index (κ1) is 32.6. The zero-order chi connectivity index (χ0) is 31.6. The highest BCUT2D eigenvalue weighted by Gasteiger charge is 2.43. The first-order valence-corrected chi connectivity index (χ1v) is 16.5. The second kappa shape index (κ2) is 13.7. The van der Waals surface area contributed by atoms with Gasteiger partial charge in [0.2, 0.25) is 10.0 Å². The summed E-state index contributed by atoms with van der Waals surface area (Å²) < 4.78 is 97.8. The lowest BCUT2D eigenvalue weighted by Crippen LogP contribution is -2.41. The molecule has 0 spiro atoms. The van der Waals surface area contributed by atoms with Crippen LogP contribution in [-0.2, 0) is 26.0 Å². The third kappa shape index (κ3) is 7.53. The number of nitrogens with zero attached hydrogens (tertiary/aromatic N) is 2. The lowest BCUT2D eigenvalue weighted by atomic mass is 10.0. The van der Waals surface area contributed by atoms with Crippen molar-refractivity contribution in [2.75, 3.05) is 18.9 Å². The molecule has 2 aromatic carbocycles. The van der Waals surface area contributed by atoms with Crippen LogP contribution in [0.3, 0.4) is 0 Å². The fourth-order valence-electron chi connectivity index (χ4n) is 4.46. The van der Waals surface area contributed by atoms with Crippen LogP contribution in [0.15, 0.2) is 53.7 Å². The van der Waals surface area contributed by atoms with E-state index in [2.05, 4.69) is 9.72 Å². The summed E-state index contributed by atoms with van der Waals surface area (Å²) >= 11 is 13.6. The molecule has 2 atom stereocenters. The Bertz CT molecular complexity index is 1630. The monoisotopic (exact) mass is 694 g/mol. The molecule has 2 aliphatic rings. The van der Waals surface area contributed by atoms with E-state index in [1.807, 2.05) is 0 Å². The van der Waals surface area contributed by atoms with E-state index in [1.165, 1.54) is 30.6 Å². The molecule has 2 heterocycles. The molecule has 1 saturated carbocycles. The van der Waals surface area contributed by atoms with Crippen LogP contribution in [0.2, 0.25) is 10.0 Å². The Labute approximate surface area is 264 Å². The van der Waals surface area contributed by atoms with Crippen molar-refractivity contribution >= 4 is 51.0 Å². The van der Waals surface area contributed by atoms with E-state index in [0.717, 1.165) is 41.0 Å². The van der Waals surface area contributed by atoms with Crippen LogP contribution in [0.25, 0.3) is 0 Å². The van der Waals surface area contributed by atoms with Crippen molar-refractivity contribution in [1.29, 1.82) is 0 Å². The number of thioether (sulfide) groups is 1. The van der Waals surface area contributed by atoms with Crippen molar-refractivity contribution in [1.82, 2.24) is 9.29 Å². The number of esters is 1. The molecule has 1 aromatic heterocycles. The van der Waals surface area contributed by atoms with Crippen LogP contribution in [0.1, 0.15) is 30.1 Å². The SMILES string of the molecule is O=C(O[C@@H](Cc1c(Cl)cncc1Cl)c1ccc(OC(F)F)c(OCC2CC2)c1)C1SCCN1S(=O)(=O)c1ccc(F)cc1F. The summed E-state index contributed by atoms with van der Waals surface area (Å²) in [6.45, 7) is -3.00. The molecule has 16 heteroatoms. The Balaban J connectivity index is 1.47. The Kier molecular flexibility index (Phi) is 10.1. The molecule has 0 bridgehead atoms. The van der Waals surface area contributed by atoms with E-state index in [9.17, 15) is 30.8 Å². The molecule has 0 N–H and O–H groups in total. The Morgan fingerprint density at radius 2 is 1.80 bits per heavy atom. The third-order valence-corrected chi connectivity index (χ3v) is 10.7. The molecule has 8 nitrogen and oxygen atoms in total. The fraction of sp³-hybridized carbons (Fsp3) is 0.357. The number of aromatic nitrogens is 1. The van der Waals surface area contributed by atoms with Crippen LogP contribution >= 0.6 is 35.0 Å². The number of hydrogen-bond acceptors (Lipinski definition) is 8. The summed E-state index contributed by atoms with van der Waals surface area (Å²) in [5.41, 5.74) is 0.642. The predicted molar refractivity (Wildman–Crippen MR) is 155 cm³/mol. The topological polar surface area (TPSA) is 95.0 Å². The molecule has 0 amide bonds. The van der Waals surface area contributed by atoms with Crippen molar-refractivity contribution in [3.8, 4) is 11.5 Å². The van der Waals surface area contributed by atoms with E-state index in [-0.39, 0.29) is 58.4 Å². The van der Waals surface area contributed by atoms with Crippen LogP contribution in [0.4, 0.5) is 17.6 Å². The number of alkyl halides is 2. The van der Waals surface area contributed by atoms with Gasteiger partial charge in [-0.3, -0.25) is 4.98 Å². The van der Waals surface area contributed by atoms with Gasteiger partial charge < -0.3 is 14.2 Å². The Morgan fingerprint density at radius 3 is 2.45 bits per heavy atom. The molecule has 236 valence electrons. The normalized spacial score (nSPS) is 17.9. The van der Waals surface area contributed by atoms with Gasteiger partial charge in [0.05, 0.1) is 16.7 Å². The van der Waals surface area contributed by atoms with Gasteiger partial charge in [-0.15, -0.1) is 11.8 Å². The molecule has 1 aliphatic carbocycles. The summed E-state index contributed by atoms with van der Waals surface area (Å²) in [6.07, 6.45) is 3.26. The maximum atomic E-state index is 14.5. The number of hydrogen-bond donors (Lipinski definition) is 0. The van der Waals surface area contributed by atoms with Gasteiger partial charge in [0, 0.05) is 37.2 Å². The third-order valence-electron chi connectivity index (χ3n) is 6.86. The molecular weight excluding hydrogens is 671 g/mol. The average molecular weight is 696 g/mol. The van der Waals surface area contributed by atoms with Gasteiger partial charge >= 0.3 is 12.6 Å². The lowest BCUT2D eigenvalue weighted by molar-refractivity contribution is -0.150. The number of pyridine rings is 1. The first-order chi connectivity index (χ1) is 20.9. The number of carbonyl (C=O) groups excluding carboxylic acids is 1. The summed E-state index contributed by atoms with van der Waals surface area (Å²) in [5, 5.41) is -1.09. The van der Waals surface area contributed by atoms with E-state index in [4.69, 9.17) is 32.7 Å². The van der Waals surface area contributed by atoms with Crippen LogP contribution < -0.4 is 9.47 Å². The summed E-state index contributed by atoms with van der Waals surface area (Å²) in [4.78, 5) is 16.7. The molecule has 1 unspecified atom stereocenters. The van der Waals surface area contributed by atoms with Crippen molar-refractivity contribution in [3.63, 3.8) is 0 Å². The van der Waals surface area contributed by atoms with E-state index >= 15 is 0 Å². The number of carbonyl (C=O) groups is 1. The lowest BCUT2D eigenvalue weighted by Gasteiger charge is -2.26. The summed E-state index contributed by atoms with van der Waals surface area (Å²) in [5.74, 6) is -3.02. The smallest absolute Gasteiger partial charge is 0.387 e. The predicted octanol–water partition coefficient (Wildman–Crippen LogP) is 6.65. The Morgan fingerprint density at radius 1 is 1.07 bits per heavy atom. The van der Waals surface area contributed by atoms with Gasteiger partial charge in [0.15, 0.2) is 16.9 Å². The molecular formula is C28H24Cl2F4N2O6S2. The first-order valence-electron chi connectivity index (χ1n) is 13.2. The van der Waals surface area contributed by atoms with Gasteiger partial charge in [-0.25, -0.2) is 22.0 Å². The maximum absolute atomic E-state index is 14.5. The minimum atomic E-state index is -4.57. The highest BCUT2D eigenvalue weighted by molar-refractivity contribution is 8.02. The highest BCUT2D eigenvalue weighted by Crippen LogP contribution is 2.39. The number of rotatable bonds is 12. The number of benzene rings is 2. The summed E-state index contributed by atoms with van der Waals surface area (Å²) in [7, 11) is -4.57. The Hall–Kier alpha value is -2.78. The van der Waals surface area contributed by atoms with Crippen molar-refractivity contribution in [2.45, 2.75) is 42.2 Å². The highest BCUT2D eigenvalue weighted by atomic mass is 35.5. The van der Waals surface area contributed by atoms with Crippen LogP contribution in [0.5, 0.6) is 11.5 Å². The number of ether oxygens (including phenoxy) is 3. The molecule has 44 heavy (non-hydrogen) atoms. The van der Waals surface area contributed by atoms with Crippen molar-refractivity contribution in [2.24, 2.45) is 5.92 Å². The molecule has 5 rings (SSSR count). The quantitative estimate of drug-likeness (QED) is 0.154. The van der Waals surface area contributed by atoms with E-state index < -0.39 is 50.6 Å². The molecule has 3 aromatic rings. The minimum absolute atomic E-state index is 0.00565. The maximum Gasteiger partial charge on any atom is 0.387 e. The van der Waals surface area contributed by atoms with Crippen LogP contribution in [0, 0.1) is 17.6 Å². The standard InChI is InChI=1S/C28H24Cl2F4N2O6S2/c29-19-12-35-13-20(30)18(19)11-23(16-3-5-22(42-28(33)34)24(9-16)40-14-15-1-2-15)41-27(37)26-36(7-8-43-26)44(38,39)25-6-4-17(31)10-21(25)32/h3-6,9-10,12-13,15,23,26,28H,1-2,7-8,11,14H2/t23-,26?/m0/s1. The largest absolute Gasteiger partial charge is 0.489 e. The van der Waals surface area contributed by atoms with Crippen molar-refractivity contribution in [3.05, 3.63) is 81.6 Å². The molecule has 0 radical (unpaired) electrons. The minimum Gasteiger partial charge on any atom is -0.489 e. The molecule has 2 fully saturated rings. The van der Waals surface area contributed by atoms with Gasteiger partial charge in [0.1, 0.15) is 22.6 Å². The summed E-state index contributed by atoms with van der Waals surface area (Å²) in [6, 6.07) is 6.06. The van der Waals surface area contributed by atoms with E-state index in [1.54, 1.807) is 0 Å². The second-order valence-corrected chi connectivity index (χ2v) is 13.8. The van der Waals surface area contributed by atoms with Crippen LogP contribution in [-0.4, -0.2) is 54.6 Å². The van der Waals surface area contributed by atoms with Crippen molar-refractivity contribution < 1.29 is 45.0 Å². The second-order valence-electron chi connectivity index (χ2n) is 9.96. The van der Waals surface area contributed by atoms with Gasteiger partial charge in [-0.1, -0.05) is 29.3 Å². The average Bonchev–Trinajstić information content (AvgIpc) is 3.65. The van der Waals surface area contributed by atoms with Gasteiger partial charge in [-0.05, 0) is 54.2 Å². The van der Waals surface area contributed by atoms with E-state index in [0.29, 0.717) is 11.6 Å². The molecule has 1 aliphatic heterocycles. The fourth-order valence-corrected chi connectivity index (χ4v) is 8.08. The molecule has 1 saturated heterocycles. The zero-order valence-corrected chi connectivity index (χ0v) is 25.7.